The SMILES string of the molecule is NC(=O)c1cccc(NCC2CCSC2)c1. The second-order valence-corrected chi connectivity index (χ2v) is 5.21. The van der Waals surface area contributed by atoms with Crippen LogP contribution in [0.2, 0.25) is 0 Å². The smallest absolute Gasteiger partial charge is 0.248 e. The summed E-state index contributed by atoms with van der Waals surface area (Å²) in [6, 6.07) is 7.36. The predicted molar refractivity (Wildman–Crippen MR) is 68.9 cm³/mol. The van der Waals surface area contributed by atoms with Crippen molar-refractivity contribution in [2.75, 3.05) is 23.4 Å². The van der Waals surface area contributed by atoms with E-state index < -0.39 is 0 Å². The second kappa shape index (κ2) is 5.25. The van der Waals surface area contributed by atoms with Crippen LogP contribution in [0.25, 0.3) is 0 Å². The van der Waals surface area contributed by atoms with Gasteiger partial charge in [-0.2, -0.15) is 11.8 Å². The molecule has 3 nitrogen and oxygen atoms in total. The van der Waals surface area contributed by atoms with Crippen LogP contribution in [0.5, 0.6) is 0 Å². The number of benzene rings is 1. The first-order valence-corrected chi connectivity index (χ1v) is 6.62. The lowest BCUT2D eigenvalue weighted by atomic mass is 10.1. The average molecular weight is 236 g/mol. The lowest BCUT2D eigenvalue weighted by molar-refractivity contribution is 0.100. The molecule has 2 rings (SSSR count). The summed E-state index contributed by atoms with van der Waals surface area (Å²) >= 11 is 2.01. The lowest BCUT2D eigenvalue weighted by Crippen LogP contribution is -2.15. The van der Waals surface area contributed by atoms with Gasteiger partial charge in [0.05, 0.1) is 0 Å². The standard InChI is InChI=1S/C12H16N2OS/c13-12(15)10-2-1-3-11(6-10)14-7-9-4-5-16-8-9/h1-3,6,9,14H,4-5,7-8H2,(H2,13,15). The van der Waals surface area contributed by atoms with E-state index in [9.17, 15) is 4.79 Å². The Bertz CT molecular complexity index is 375. The Morgan fingerprint density at radius 3 is 3.12 bits per heavy atom. The topological polar surface area (TPSA) is 55.1 Å². The molecule has 0 aromatic heterocycles. The van der Waals surface area contributed by atoms with Crippen molar-refractivity contribution >= 4 is 23.4 Å². The van der Waals surface area contributed by atoms with Gasteiger partial charge in [0.25, 0.3) is 0 Å². The first kappa shape index (κ1) is 11.3. The number of anilines is 1. The van der Waals surface area contributed by atoms with Crippen molar-refractivity contribution in [3.8, 4) is 0 Å². The minimum Gasteiger partial charge on any atom is -0.385 e. The normalized spacial score (nSPS) is 19.6. The molecule has 1 unspecified atom stereocenters. The van der Waals surface area contributed by atoms with Gasteiger partial charge in [0.2, 0.25) is 5.91 Å². The van der Waals surface area contributed by atoms with Crippen LogP contribution in [0.4, 0.5) is 5.69 Å². The summed E-state index contributed by atoms with van der Waals surface area (Å²) in [5.74, 6) is 2.89. The van der Waals surface area contributed by atoms with Crippen molar-refractivity contribution in [3.05, 3.63) is 29.8 Å². The fourth-order valence-electron chi connectivity index (χ4n) is 1.79. The molecule has 1 atom stereocenters. The first-order valence-electron chi connectivity index (χ1n) is 5.47. The molecule has 1 fully saturated rings. The number of carbonyl (C=O) groups is 1. The molecule has 1 aromatic rings. The third kappa shape index (κ3) is 2.92. The number of nitrogens with two attached hydrogens (primary N) is 1. The van der Waals surface area contributed by atoms with Crippen LogP contribution in [-0.2, 0) is 0 Å². The number of carbonyl (C=O) groups excluding carboxylic acids is 1. The number of hydrogen-bond donors (Lipinski definition) is 2. The van der Waals surface area contributed by atoms with Crippen LogP contribution in [0, 0.1) is 5.92 Å². The zero-order chi connectivity index (χ0) is 11.4. The van der Waals surface area contributed by atoms with E-state index in [1.807, 2.05) is 30.0 Å². The Balaban J connectivity index is 1.93. The summed E-state index contributed by atoms with van der Waals surface area (Å²) in [6.45, 7) is 0.981. The first-order chi connectivity index (χ1) is 7.75. The Kier molecular flexibility index (Phi) is 3.72. The quantitative estimate of drug-likeness (QED) is 0.840. The molecular formula is C12H16N2OS. The van der Waals surface area contributed by atoms with Crippen molar-refractivity contribution < 1.29 is 4.79 Å². The van der Waals surface area contributed by atoms with E-state index in [0.29, 0.717) is 5.56 Å². The Morgan fingerprint density at radius 1 is 1.56 bits per heavy atom. The molecule has 0 radical (unpaired) electrons. The Hall–Kier alpha value is -1.16. The summed E-state index contributed by atoms with van der Waals surface area (Å²) in [7, 11) is 0. The highest BCUT2D eigenvalue weighted by atomic mass is 32.2. The Morgan fingerprint density at radius 2 is 2.44 bits per heavy atom. The number of rotatable bonds is 4. The average Bonchev–Trinajstić information content (AvgIpc) is 2.79. The van der Waals surface area contributed by atoms with Gasteiger partial charge in [-0.05, 0) is 42.0 Å². The molecule has 0 saturated carbocycles. The Labute approximate surface area is 99.8 Å². The third-order valence-electron chi connectivity index (χ3n) is 2.77. The van der Waals surface area contributed by atoms with Crippen molar-refractivity contribution in [1.82, 2.24) is 0 Å². The van der Waals surface area contributed by atoms with Gasteiger partial charge in [-0.25, -0.2) is 0 Å². The van der Waals surface area contributed by atoms with Gasteiger partial charge in [-0.15, -0.1) is 0 Å². The van der Waals surface area contributed by atoms with E-state index in [-0.39, 0.29) is 5.91 Å². The van der Waals surface area contributed by atoms with Gasteiger partial charge in [-0.1, -0.05) is 6.07 Å². The molecule has 4 heteroatoms. The largest absolute Gasteiger partial charge is 0.385 e. The van der Waals surface area contributed by atoms with Crippen LogP contribution in [0.3, 0.4) is 0 Å². The second-order valence-electron chi connectivity index (χ2n) is 4.06. The highest BCUT2D eigenvalue weighted by molar-refractivity contribution is 7.99. The molecule has 1 aliphatic rings. The van der Waals surface area contributed by atoms with Crippen molar-refractivity contribution in [1.29, 1.82) is 0 Å². The number of thioether (sulfide) groups is 1. The molecule has 1 aliphatic heterocycles. The zero-order valence-corrected chi connectivity index (χ0v) is 9.93. The summed E-state index contributed by atoms with van der Waals surface area (Å²) in [6.07, 6.45) is 1.28. The number of hydrogen-bond acceptors (Lipinski definition) is 3. The molecular weight excluding hydrogens is 220 g/mol. The van der Waals surface area contributed by atoms with Gasteiger partial charge in [0.1, 0.15) is 0 Å². The van der Waals surface area contributed by atoms with Gasteiger partial charge < -0.3 is 11.1 Å². The van der Waals surface area contributed by atoms with Crippen LogP contribution >= 0.6 is 11.8 Å². The summed E-state index contributed by atoms with van der Waals surface area (Å²) in [5.41, 5.74) is 6.77. The van der Waals surface area contributed by atoms with Gasteiger partial charge in [-0.3, -0.25) is 4.79 Å². The maximum atomic E-state index is 11.0. The monoisotopic (exact) mass is 236 g/mol. The van der Waals surface area contributed by atoms with Crippen LogP contribution in [-0.4, -0.2) is 24.0 Å². The minimum absolute atomic E-state index is 0.375. The van der Waals surface area contributed by atoms with Gasteiger partial charge in [0.15, 0.2) is 0 Å². The fraction of sp³-hybridized carbons (Fsp3) is 0.417. The van der Waals surface area contributed by atoms with E-state index in [2.05, 4.69) is 5.32 Å². The molecule has 1 heterocycles. The maximum Gasteiger partial charge on any atom is 0.248 e. The molecule has 3 N–H and O–H groups in total. The third-order valence-corrected chi connectivity index (χ3v) is 4.00. The van der Waals surface area contributed by atoms with Crippen molar-refractivity contribution in [2.45, 2.75) is 6.42 Å². The molecule has 1 amide bonds. The number of nitrogens with one attached hydrogen (secondary N) is 1. The fourth-order valence-corrected chi connectivity index (χ4v) is 3.07. The van der Waals surface area contributed by atoms with Gasteiger partial charge >= 0.3 is 0 Å². The summed E-state index contributed by atoms with van der Waals surface area (Å²) in [5, 5.41) is 3.36. The molecule has 0 spiro atoms. The van der Waals surface area contributed by atoms with E-state index in [1.54, 1.807) is 6.07 Å². The maximum absolute atomic E-state index is 11.0. The molecule has 1 aromatic carbocycles. The van der Waals surface area contributed by atoms with E-state index in [4.69, 9.17) is 5.73 Å². The zero-order valence-electron chi connectivity index (χ0n) is 9.11. The predicted octanol–water partition coefficient (Wildman–Crippen LogP) is 1.95. The van der Waals surface area contributed by atoms with E-state index >= 15 is 0 Å². The molecule has 0 aliphatic carbocycles. The number of primary amides is 1. The van der Waals surface area contributed by atoms with Crippen LogP contribution in [0.15, 0.2) is 24.3 Å². The van der Waals surface area contributed by atoms with E-state index in [1.165, 1.54) is 17.9 Å². The van der Waals surface area contributed by atoms with Crippen LogP contribution < -0.4 is 11.1 Å². The van der Waals surface area contributed by atoms with E-state index in [0.717, 1.165) is 18.2 Å². The van der Waals surface area contributed by atoms with Crippen molar-refractivity contribution in [3.63, 3.8) is 0 Å². The number of amides is 1. The molecule has 86 valence electrons. The van der Waals surface area contributed by atoms with Crippen molar-refractivity contribution in [2.24, 2.45) is 11.7 Å². The molecule has 1 saturated heterocycles. The minimum atomic E-state index is -0.375. The molecule has 16 heavy (non-hydrogen) atoms. The highest BCUT2D eigenvalue weighted by Crippen LogP contribution is 2.23. The molecule has 0 bridgehead atoms. The van der Waals surface area contributed by atoms with Crippen LogP contribution in [0.1, 0.15) is 16.8 Å². The summed E-state index contributed by atoms with van der Waals surface area (Å²) < 4.78 is 0. The highest BCUT2D eigenvalue weighted by Gasteiger charge is 2.14. The lowest BCUT2D eigenvalue weighted by Gasteiger charge is -2.11. The van der Waals surface area contributed by atoms with Gasteiger partial charge in [0, 0.05) is 17.8 Å². The summed E-state index contributed by atoms with van der Waals surface area (Å²) in [4.78, 5) is 11.0.